The average Bonchev–Trinajstić information content (AvgIpc) is 2.86. The van der Waals surface area contributed by atoms with Crippen molar-refractivity contribution in [2.45, 2.75) is 11.3 Å². The van der Waals surface area contributed by atoms with Crippen LogP contribution in [0.15, 0.2) is 41.3 Å². The van der Waals surface area contributed by atoms with Crippen LogP contribution in [0.3, 0.4) is 0 Å². The molecule has 0 saturated heterocycles. The number of ether oxygens (including phenoxy) is 4. The molecule has 25 heavy (non-hydrogen) atoms. The molecule has 0 atom stereocenters. The zero-order valence-electron chi connectivity index (χ0n) is 13.9. The lowest BCUT2D eigenvalue weighted by molar-refractivity contribution is 0.297. The SMILES string of the molecule is COc1ccc(NS(=O)(=O)c2ccc3c(c2)OCCCO3)cc1OC. The molecule has 2 aromatic carbocycles. The smallest absolute Gasteiger partial charge is 0.262 e. The second-order valence-electron chi connectivity index (χ2n) is 5.33. The van der Waals surface area contributed by atoms with Crippen LogP contribution in [0.5, 0.6) is 23.0 Å². The molecule has 0 amide bonds. The number of rotatable bonds is 5. The van der Waals surface area contributed by atoms with E-state index in [-0.39, 0.29) is 4.90 Å². The molecule has 0 fully saturated rings. The van der Waals surface area contributed by atoms with Gasteiger partial charge in [0.1, 0.15) is 0 Å². The monoisotopic (exact) mass is 365 g/mol. The highest BCUT2D eigenvalue weighted by Crippen LogP contribution is 2.34. The predicted octanol–water partition coefficient (Wildman–Crippen LogP) is 2.67. The van der Waals surface area contributed by atoms with Crippen LogP contribution in [0.1, 0.15) is 6.42 Å². The Morgan fingerprint density at radius 1 is 0.920 bits per heavy atom. The van der Waals surface area contributed by atoms with Crippen LogP contribution in [0.2, 0.25) is 0 Å². The summed E-state index contributed by atoms with van der Waals surface area (Å²) in [4.78, 5) is 0.0894. The van der Waals surface area contributed by atoms with E-state index >= 15 is 0 Å². The van der Waals surface area contributed by atoms with Gasteiger partial charge >= 0.3 is 0 Å². The summed E-state index contributed by atoms with van der Waals surface area (Å²) in [7, 11) is -0.786. The Bertz CT molecular complexity index is 865. The van der Waals surface area contributed by atoms with Gasteiger partial charge < -0.3 is 18.9 Å². The van der Waals surface area contributed by atoms with E-state index in [4.69, 9.17) is 18.9 Å². The van der Waals surface area contributed by atoms with Crippen LogP contribution < -0.4 is 23.7 Å². The summed E-state index contributed by atoms with van der Waals surface area (Å²) in [6.07, 6.45) is 0.751. The van der Waals surface area contributed by atoms with E-state index in [1.54, 1.807) is 24.3 Å². The third-order valence-corrected chi connectivity index (χ3v) is 5.04. The second-order valence-corrected chi connectivity index (χ2v) is 7.02. The molecule has 0 radical (unpaired) electrons. The van der Waals surface area contributed by atoms with Gasteiger partial charge in [-0.1, -0.05) is 0 Å². The number of anilines is 1. The van der Waals surface area contributed by atoms with Crippen molar-refractivity contribution >= 4 is 15.7 Å². The number of benzene rings is 2. The topological polar surface area (TPSA) is 83.1 Å². The van der Waals surface area contributed by atoms with E-state index in [1.165, 1.54) is 26.4 Å². The Morgan fingerprint density at radius 2 is 1.64 bits per heavy atom. The lowest BCUT2D eigenvalue weighted by Crippen LogP contribution is -2.13. The second kappa shape index (κ2) is 7.10. The molecule has 1 aliphatic heterocycles. The number of methoxy groups -OCH3 is 2. The summed E-state index contributed by atoms with van der Waals surface area (Å²) in [6.45, 7) is 1.03. The molecule has 134 valence electrons. The van der Waals surface area contributed by atoms with E-state index in [1.807, 2.05) is 0 Å². The van der Waals surface area contributed by atoms with Crippen molar-refractivity contribution in [2.24, 2.45) is 0 Å². The number of sulfonamides is 1. The van der Waals surface area contributed by atoms with Gasteiger partial charge in [0.2, 0.25) is 0 Å². The van der Waals surface area contributed by atoms with Crippen molar-refractivity contribution in [3.63, 3.8) is 0 Å². The molecule has 1 N–H and O–H groups in total. The largest absolute Gasteiger partial charge is 0.493 e. The number of hydrogen-bond acceptors (Lipinski definition) is 6. The first-order valence-corrected chi connectivity index (χ1v) is 9.16. The lowest BCUT2D eigenvalue weighted by atomic mass is 10.3. The Morgan fingerprint density at radius 3 is 2.36 bits per heavy atom. The van der Waals surface area contributed by atoms with E-state index in [0.717, 1.165) is 6.42 Å². The maximum absolute atomic E-state index is 12.6. The van der Waals surface area contributed by atoms with Gasteiger partial charge in [0.25, 0.3) is 10.0 Å². The van der Waals surface area contributed by atoms with Crippen molar-refractivity contribution < 1.29 is 27.4 Å². The molecule has 7 nitrogen and oxygen atoms in total. The first-order valence-electron chi connectivity index (χ1n) is 7.68. The van der Waals surface area contributed by atoms with Gasteiger partial charge in [-0.2, -0.15) is 0 Å². The summed E-state index contributed by atoms with van der Waals surface area (Å²) in [5.41, 5.74) is 0.366. The molecule has 1 heterocycles. The molecular weight excluding hydrogens is 346 g/mol. The minimum Gasteiger partial charge on any atom is -0.493 e. The molecule has 0 aliphatic carbocycles. The normalized spacial score (nSPS) is 13.7. The zero-order valence-corrected chi connectivity index (χ0v) is 14.8. The van der Waals surface area contributed by atoms with Gasteiger partial charge in [-0.15, -0.1) is 0 Å². The third kappa shape index (κ3) is 3.74. The highest BCUT2D eigenvalue weighted by Gasteiger charge is 2.19. The molecule has 0 bridgehead atoms. The van der Waals surface area contributed by atoms with Crippen molar-refractivity contribution in [3.8, 4) is 23.0 Å². The van der Waals surface area contributed by atoms with Gasteiger partial charge in [-0.05, 0) is 24.3 Å². The first-order chi connectivity index (χ1) is 12.0. The first kappa shape index (κ1) is 17.2. The Labute approximate surface area is 146 Å². The molecular formula is C17H19NO6S. The van der Waals surface area contributed by atoms with Gasteiger partial charge in [0, 0.05) is 18.6 Å². The summed E-state index contributed by atoms with van der Waals surface area (Å²) in [6, 6.07) is 9.33. The third-order valence-electron chi connectivity index (χ3n) is 3.67. The van der Waals surface area contributed by atoms with E-state index in [0.29, 0.717) is 41.9 Å². The van der Waals surface area contributed by atoms with Crippen LogP contribution in [0, 0.1) is 0 Å². The maximum atomic E-state index is 12.6. The van der Waals surface area contributed by atoms with Crippen LogP contribution >= 0.6 is 0 Å². The predicted molar refractivity (Wildman–Crippen MR) is 92.4 cm³/mol. The van der Waals surface area contributed by atoms with Crippen molar-refractivity contribution in [1.82, 2.24) is 0 Å². The molecule has 1 aliphatic rings. The fourth-order valence-corrected chi connectivity index (χ4v) is 3.49. The minimum atomic E-state index is -3.79. The van der Waals surface area contributed by atoms with Crippen LogP contribution in [-0.2, 0) is 10.0 Å². The van der Waals surface area contributed by atoms with Gasteiger partial charge in [0.15, 0.2) is 23.0 Å². The summed E-state index contributed by atoms with van der Waals surface area (Å²) in [5, 5.41) is 0. The fraction of sp³-hybridized carbons (Fsp3) is 0.294. The summed E-state index contributed by atoms with van der Waals surface area (Å²) < 4.78 is 49.2. The molecule has 2 aromatic rings. The number of hydrogen-bond donors (Lipinski definition) is 1. The standard InChI is InChI=1S/C17H19NO6S/c1-21-14-6-4-12(10-16(14)22-2)18-25(19,20)13-5-7-15-17(11-13)24-9-3-8-23-15/h4-7,10-11,18H,3,8-9H2,1-2H3. The minimum absolute atomic E-state index is 0.0894. The molecule has 0 aromatic heterocycles. The van der Waals surface area contributed by atoms with Crippen LogP contribution in [-0.4, -0.2) is 35.9 Å². The van der Waals surface area contributed by atoms with E-state index in [2.05, 4.69) is 4.72 Å². The molecule has 0 spiro atoms. The van der Waals surface area contributed by atoms with Crippen molar-refractivity contribution in [2.75, 3.05) is 32.2 Å². The van der Waals surface area contributed by atoms with Crippen LogP contribution in [0.4, 0.5) is 5.69 Å². The molecule has 8 heteroatoms. The summed E-state index contributed by atoms with van der Waals surface area (Å²) >= 11 is 0. The van der Waals surface area contributed by atoms with Crippen molar-refractivity contribution in [3.05, 3.63) is 36.4 Å². The molecule has 0 saturated carbocycles. The van der Waals surface area contributed by atoms with E-state index < -0.39 is 10.0 Å². The maximum Gasteiger partial charge on any atom is 0.262 e. The zero-order chi connectivity index (χ0) is 17.9. The highest BCUT2D eigenvalue weighted by atomic mass is 32.2. The van der Waals surface area contributed by atoms with E-state index in [9.17, 15) is 8.42 Å². The quantitative estimate of drug-likeness (QED) is 0.877. The summed E-state index contributed by atoms with van der Waals surface area (Å²) in [5.74, 6) is 1.91. The number of fused-ring (bicyclic) bond motifs is 1. The van der Waals surface area contributed by atoms with Crippen molar-refractivity contribution in [1.29, 1.82) is 0 Å². The van der Waals surface area contributed by atoms with Gasteiger partial charge in [0.05, 0.1) is 38.0 Å². The Hall–Kier alpha value is -2.61. The molecule has 3 rings (SSSR count). The van der Waals surface area contributed by atoms with Crippen LogP contribution in [0.25, 0.3) is 0 Å². The lowest BCUT2D eigenvalue weighted by Gasteiger charge is -2.13. The van der Waals surface area contributed by atoms with Gasteiger partial charge in [-0.25, -0.2) is 8.42 Å². The van der Waals surface area contributed by atoms with Gasteiger partial charge in [-0.3, -0.25) is 4.72 Å². The Balaban J connectivity index is 1.88. The molecule has 0 unspecified atom stereocenters. The number of nitrogens with one attached hydrogen (secondary N) is 1. The fourth-order valence-electron chi connectivity index (χ4n) is 2.42. The highest BCUT2D eigenvalue weighted by molar-refractivity contribution is 7.92. The average molecular weight is 365 g/mol. The Kier molecular flexibility index (Phi) is 4.89.